The van der Waals surface area contributed by atoms with Gasteiger partial charge in [-0.3, -0.25) is 0 Å². The lowest BCUT2D eigenvalue weighted by atomic mass is 10.2. The van der Waals surface area contributed by atoms with E-state index in [1.165, 1.54) is 5.06 Å². The molecule has 0 saturated carbocycles. The van der Waals surface area contributed by atoms with E-state index >= 15 is 0 Å². The van der Waals surface area contributed by atoms with E-state index in [0.29, 0.717) is 5.56 Å². The number of benzene rings is 1. The van der Waals surface area contributed by atoms with Gasteiger partial charge in [-0.1, -0.05) is 15.9 Å². The molecule has 0 amide bonds. The third-order valence-corrected chi connectivity index (χ3v) is 1.87. The minimum Gasteiger partial charge on any atom is -0.364 e. The molecule has 0 aliphatic carbocycles. The lowest BCUT2D eigenvalue weighted by Crippen LogP contribution is -2.18. The van der Waals surface area contributed by atoms with Gasteiger partial charge in [-0.05, 0) is 24.3 Å². The minimum atomic E-state index is -0.350. The summed E-state index contributed by atoms with van der Waals surface area (Å²) in [5.74, 6) is -0.350. The Hall–Kier alpha value is -0.870. The van der Waals surface area contributed by atoms with Crippen LogP contribution in [0.15, 0.2) is 28.7 Å². The van der Waals surface area contributed by atoms with Crippen LogP contribution >= 0.6 is 15.9 Å². The Bertz CT molecular complexity index is 295. The Balaban J connectivity index is 2.72. The van der Waals surface area contributed by atoms with Crippen molar-refractivity contribution in [2.75, 3.05) is 14.1 Å². The van der Waals surface area contributed by atoms with Crippen LogP contribution in [0.3, 0.4) is 0 Å². The van der Waals surface area contributed by atoms with Crippen molar-refractivity contribution in [1.29, 1.82) is 0 Å². The quantitative estimate of drug-likeness (QED) is 0.746. The first-order valence-corrected chi connectivity index (χ1v) is 4.54. The molecule has 0 atom stereocenters. The van der Waals surface area contributed by atoms with Crippen molar-refractivity contribution in [3.63, 3.8) is 0 Å². The third kappa shape index (κ3) is 3.16. The van der Waals surface area contributed by atoms with Gasteiger partial charge in [0.25, 0.3) is 0 Å². The highest BCUT2D eigenvalue weighted by molar-refractivity contribution is 9.10. The van der Waals surface area contributed by atoms with E-state index in [9.17, 15) is 4.79 Å². The Morgan fingerprint density at radius 3 is 2.31 bits per heavy atom. The number of nitrogens with zero attached hydrogens (tertiary/aromatic N) is 1. The molecular formula is C9H10BrNO2. The van der Waals surface area contributed by atoms with E-state index in [2.05, 4.69) is 15.9 Å². The summed E-state index contributed by atoms with van der Waals surface area (Å²) in [5, 5.41) is 1.37. The molecule has 0 N–H and O–H groups in total. The van der Waals surface area contributed by atoms with Gasteiger partial charge < -0.3 is 4.84 Å². The fourth-order valence-corrected chi connectivity index (χ4v) is 1.07. The summed E-state index contributed by atoms with van der Waals surface area (Å²) in [6.45, 7) is 0. The number of halogens is 1. The van der Waals surface area contributed by atoms with E-state index in [0.717, 1.165) is 4.47 Å². The molecule has 0 saturated heterocycles. The molecule has 4 heteroatoms. The maximum atomic E-state index is 11.3. The standard InChI is InChI=1S/C9H10BrNO2/c1-11(2)13-9(12)7-3-5-8(10)6-4-7/h3-6H,1-2H3. The number of hydrogen-bond acceptors (Lipinski definition) is 3. The highest BCUT2D eigenvalue weighted by Gasteiger charge is 2.07. The van der Waals surface area contributed by atoms with E-state index < -0.39 is 0 Å². The summed E-state index contributed by atoms with van der Waals surface area (Å²) in [6.07, 6.45) is 0. The second-order valence-electron chi connectivity index (χ2n) is 2.70. The Morgan fingerprint density at radius 1 is 1.31 bits per heavy atom. The van der Waals surface area contributed by atoms with Gasteiger partial charge in [-0.15, -0.1) is 5.06 Å². The molecule has 0 spiro atoms. The highest BCUT2D eigenvalue weighted by Crippen LogP contribution is 2.11. The Kier molecular flexibility index (Phi) is 3.45. The molecular weight excluding hydrogens is 234 g/mol. The van der Waals surface area contributed by atoms with Gasteiger partial charge in [-0.25, -0.2) is 4.79 Å². The highest BCUT2D eigenvalue weighted by atomic mass is 79.9. The third-order valence-electron chi connectivity index (χ3n) is 1.35. The van der Waals surface area contributed by atoms with Crippen LogP contribution in [0.1, 0.15) is 10.4 Å². The first-order valence-electron chi connectivity index (χ1n) is 3.75. The summed E-state index contributed by atoms with van der Waals surface area (Å²) < 4.78 is 0.939. The smallest absolute Gasteiger partial charge is 0.356 e. The van der Waals surface area contributed by atoms with Crippen molar-refractivity contribution in [3.8, 4) is 0 Å². The Labute approximate surface area is 85.4 Å². The fourth-order valence-electron chi connectivity index (χ4n) is 0.804. The maximum absolute atomic E-state index is 11.3. The zero-order valence-electron chi connectivity index (χ0n) is 7.45. The fraction of sp³-hybridized carbons (Fsp3) is 0.222. The zero-order valence-corrected chi connectivity index (χ0v) is 9.04. The normalized spacial score (nSPS) is 10.2. The molecule has 70 valence electrons. The summed E-state index contributed by atoms with van der Waals surface area (Å²) in [5.41, 5.74) is 0.539. The molecule has 0 radical (unpaired) electrons. The van der Waals surface area contributed by atoms with Crippen LogP contribution in [0.4, 0.5) is 0 Å². The van der Waals surface area contributed by atoms with E-state index in [1.54, 1.807) is 38.4 Å². The SMILES string of the molecule is CN(C)OC(=O)c1ccc(Br)cc1. The monoisotopic (exact) mass is 243 g/mol. The van der Waals surface area contributed by atoms with Gasteiger partial charge in [0.1, 0.15) is 0 Å². The molecule has 0 bridgehead atoms. The van der Waals surface area contributed by atoms with Crippen LogP contribution in [-0.2, 0) is 4.84 Å². The number of carbonyl (C=O) groups excluding carboxylic acids is 1. The first-order chi connectivity index (χ1) is 6.09. The van der Waals surface area contributed by atoms with Crippen molar-refractivity contribution in [2.24, 2.45) is 0 Å². The first kappa shape index (κ1) is 10.2. The summed E-state index contributed by atoms with van der Waals surface area (Å²) in [7, 11) is 3.33. The molecule has 3 nitrogen and oxygen atoms in total. The number of hydrogen-bond donors (Lipinski definition) is 0. The average molecular weight is 244 g/mol. The van der Waals surface area contributed by atoms with E-state index in [4.69, 9.17) is 4.84 Å². The largest absolute Gasteiger partial charge is 0.364 e. The topological polar surface area (TPSA) is 29.5 Å². The van der Waals surface area contributed by atoms with Crippen LogP contribution in [-0.4, -0.2) is 25.1 Å². The van der Waals surface area contributed by atoms with Gasteiger partial charge >= 0.3 is 5.97 Å². The lowest BCUT2D eigenvalue weighted by molar-refractivity contribution is -0.0713. The van der Waals surface area contributed by atoms with Gasteiger partial charge in [0, 0.05) is 18.6 Å². The molecule has 0 heterocycles. The van der Waals surface area contributed by atoms with Crippen LogP contribution in [0.5, 0.6) is 0 Å². The number of rotatable bonds is 2. The molecule has 0 aromatic heterocycles. The van der Waals surface area contributed by atoms with Gasteiger partial charge in [0.2, 0.25) is 0 Å². The van der Waals surface area contributed by atoms with Crippen LogP contribution in [0.2, 0.25) is 0 Å². The molecule has 1 rings (SSSR count). The van der Waals surface area contributed by atoms with Crippen LogP contribution in [0.25, 0.3) is 0 Å². The molecule has 0 aliphatic rings. The van der Waals surface area contributed by atoms with E-state index in [1.807, 2.05) is 0 Å². The second-order valence-corrected chi connectivity index (χ2v) is 3.61. The summed E-state index contributed by atoms with van der Waals surface area (Å²) in [6, 6.07) is 7.00. The van der Waals surface area contributed by atoms with Crippen LogP contribution < -0.4 is 0 Å². The van der Waals surface area contributed by atoms with E-state index in [-0.39, 0.29) is 5.97 Å². The zero-order chi connectivity index (χ0) is 9.84. The van der Waals surface area contributed by atoms with Crippen molar-refractivity contribution in [1.82, 2.24) is 5.06 Å². The van der Waals surface area contributed by atoms with Crippen molar-refractivity contribution >= 4 is 21.9 Å². The molecule has 0 aliphatic heterocycles. The molecule has 1 aromatic rings. The van der Waals surface area contributed by atoms with Gasteiger partial charge in [-0.2, -0.15) is 0 Å². The molecule has 0 unspecified atom stereocenters. The number of hydroxylamine groups is 2. The Morgan fingerprint density at radius 2 is 1.85 bits per heavy atom. The summed E-state index contributed by atoms with van der Waals surface area (Å²) in [4.78, 5) is 16.1. The van der Waals surface area contributed by atoms with Crippen molar-refractivity contribution in [3.05, 3.63) is 34.3 Å². The predicted octanol–water partition coefficient (Wildman–Crippen LogP) is 2.08. The second kappa shape index (κ2) is 4.39. The maximum Gasteiger partial charge on any atom is 0.356 e. The number of carbonyl (C=O) groups is 1. The minimum absolute atomic E-state index is 0.350. The van der Waals surface area contributed by atoms with Crippen molar-refractivity contribution < 1.29 is 9.63 Å². The van der Waals surface area contributed by atoms with Gasteiger partial charge in [0.15, 0.2) is 0 Å². The predicted molar refractivity (Wildman–Crippen MR) is 53.2 cm³/mol. The molecule has 1 aromatic carbocycles. The van der Waals surface area contributed by atoms with Gasteiger partial charge in [0.05, 0.1) is 5.56 Å². The molecule has 0 fully saturated rings. The lowest BCUT2D eigenvalue weighted by Gasteiger charge is -2.09. The van der Waals surface area contributed by atoms with Crippen molar-refractivity contribution in [2.45, 2.75) is 0 Å². The molecule has 13 heavy (non-hydrogen) atoms. The summed E-state index contributed by atoms with van der Waals surface area (Å²) >= 11 is 3.28. The average Bonchev–Trinajstić information content (AvgIpc) is 2.04. The van der Waals surface area contributed by atoms with Crippen LogP contribution in [0, 0.1) is 0 Å².